The average molecular weight is 402 g/mol. The fraction of sp³-hybridized carbons (Fsp3) is 0. The number of nitrogens with zero attached hydrogens (tertiary/aromatic N) is 1. The number of nitro benzene ring substituents is 1. The normalized spacial score (nSPS) is 10.9. The van der Waals surface area contributed by atoms with Crippen LogP contribution in [0.1, 0.15) is 15.2 Å². The molecule has 2 aromatic carbocycles. The van der Waals surface area contributed by atoms with Crippen LogP contribution in [0.25, 0.3) is 16.2 Å². The molecule has 1 aromatic heterocycles. The molecule has 0 bridgehead atoms. The highest BCUT2D eigenvalue weighted by Crippen LogP contribution is 2.35. The molecule has 0 fully saturated rings. The molecule has 0 saturated heterocycles. The van der Waals surface area contributed by atoms with Crippen LogP contribution in [0.4, 0.5) is 5.69 Å². The highest BCUT2D eigenvalue weighted by Gasteiger charge is 2.10. The second kappa shape index (κ2) is 7.98. The Hall–Kier alpha value is -3.23. The van der Waals surface area contributed by atoms with E-state index in [1.807, 2.05) is 24.3 Å². The molecule has 0 atom stereocenters. The van der Waals surface area contributed by atoms with E-state index < -0.39 is 16.7 Å². The van der Waals surface area contributed by atoms with Crippen molar-refractivity contribution in [1.29, 1.82) is 0 Å². The molecule has 136 valence electrons. The molecule has 0 aliphatic rings. The lowest BCUT2D eigenvalue weighted by atomic mass is 10.2. The number of thiophene rings is 1. The van der Waals surface area contributed by atoms with Crippen LogP contribution in [0, 0.1) is 10.1 Å². The first-order valence-corrected chi connectivity index (χ1v) is 8.85. The average Bonchev–Trinajstić information content (AvgIpc) is 3.00. The number of nitro groups is 1. The number of carbonyl (C=O) groups is 2. The molecule has 0 aliphatic carbocycles. The van der Waals surface area contributed by atoms with E-state index >= 15 is 0 Å². The number of hydrazine groups is 1. The fourth-order valence-electron chi connectivity index (χ4n) is 2.26. The maximum atomic E-state index is 11.9. The highest BCUT2D eigenvalue weighted by molar-refractivity contribution is 7.20. The van der Waals surface area contributed by atoms with Crippen molar-refractivity contribution in [2.45, 2.75) is 0 Å². The molecule has 0 saturated carbocycles. The van der Waals surface area contributed by atoms with Gasteiger partial charge in [0.1, 0.15) is 0 Å². The summed E-state index contributed by atoms with van der Waals surface area (Å²) < 4.78 is 1.01. The number of hydrogen-bond acceptors (Lipinski definition) is 5. The molecule has 7 nitrogen and oxygen atoms in total. The number of rotatable bonds is 4. The van der Waals surface area contributed by atoms with Crippen LogP contribution in [0.3, 0.4) is 0 Å². The summed E-state index contributed by atoms with van der Waals surface area (Å²) >= 11 is 7.74. The molecule has 0 unspecified atom stereocenters. The van der Waals surface area contributed by atoms with Crippen molar-refractivity contribution in [3.05, 3.63) is 80.2 Å². The Bertz CT molecular complexity index is 1060. The van der Waals surface area contributed by atoms with Crippen LogP contribution in [0.2, 0.25) is 5.02 Å². The highest BCUT2D eigenvalue weighted by atomic mass is 35.5. The molecule has 1 heterocycles. The number of amides is 2. The van der Waals surface area contributed by atoms with E-state index in [9.17, 15) is 19.7 Å². The van der Waals surface area contributed by atoms with Gasteiger partial charge in [-0.2, -0.15) is 0 Å². The predicted octanol–water partition coefficient (Wildman–Crippen LogP) is 3.94. The summed E-state index contributed by atoms with van der Waals surface area (Å²) in [5.74, 6) is -1.13. The van der Waals surface area contributed by atoms with Crippen molar-refractivity contribution in [2.75, 3.05) is 0 Å². The Morgan fingerprint density at radius 1 is 1.07 bits per heavy atom. The first-order valence-electron chi connectivity index (χ1n) is 7.65. The molecule has 0 spiro atoms. The summed E-state index contributed by atoms with van der Waals surface area (Å²) in [6.45, 7) is 0. The molecular formula is C18H12ClN3O4S. The SMILES string of the molecule is O=C(/C=C/c1sc2ccccc2c1Cl)NNC(=O)c1ccc([N+](=O)[O-])cc1. The van der Waals surface area contributed by atoms with Crippen LogP contribution >= 0.6 is 22.9 Å². The molecule has 3 aromatic rings. The lowest BCUT2D eigenvalue weighted by molar-refractivity contribution is -0.384. The maximum absolute atomic E-state index is 11.9. The number of non-ortho nitro benzene ring substituents is 1. The molecular weight excluding hydrogens is 390 g/mol. The van der Waals surface area contributed by atoms with Gasteiger partial charge in [0.15, 0.2) is 0 Å². The second-order valence-electron chi connectivity index (χ2n) is 5.36. The van der Waals surface area contributed by atoms with Gasteiger partial charge >= 0.3 is 0 Å². The fourth-order valence-corrected chi connectivity index (χ4v) is 3.66. The Kier molecular flexibility index (Phi) is 5.49. The van der Waals surface area contributed by atoms with Gasteiger partial charge in [-0.1, -0.05) is 29.8 Å². The molecule has 9 heteroatoms. The van der Waals surface area contributed by atoms with E-state index in [-0.39, 0.29) is 11.3 Å². The van der Waals surface area contributed by atoms with Gasteiger partial charge in [-0.15, -0.1) is 11.3 Å². The number of benzene rings is 2. The second-order valence-corrected chi connectivity index (χ2v) is 6.82. The van der Waals surface area contributed by atoms with Gasteiger partial charge in [-0.3, -0.25) is 30.6 Å². The van der Waals surface area contributed by atoms with E-state index in [2.05, 4.69) is 10.9 Å². The number of halogens is 1. The summed E-state index contributed by atoms with van der Waals surface area (Å²) in [5, 5.41) is 12.1. The first kappa shape index (κ1) is 18.6. The van der Waals surface area contributed by atoms with Crippen molar-refractivity contribution in [3.63, 3.8) is 0 Å². The van der Waals surface area contributed by atoms with Gasteiger partial charge in [0.05, 0.1) is 9.95 Å². The van der Waals surface area contributed by atoms with Crippen molar-refractivity contribution < 1.29 is 14.5 Å². The minimum atomic E-state index is -0.591. The Morgan fingerprint density at radius 2 is 1.78 bits per heavy atom. The van der Waals surface area contributed by atoms with Crippen LogP contribution in [-0.2, 0) is 4.79 Å². The third kappa shape index (κ3) is 4.30. The predicted molar refractivity (Wildman–Crippen MR) is 105 cm³/mol. The summed E-state index contributed by atoms with van der Waals surface area (Å²) in [7, 11) is 0. The topological polar surface area (TPSA) is 101 Å². The van der Waals surface area contributed by atoms with E-state index in [4.69, 9.17) is 11.6 Å². The Labute approximate surface area is 162 Å². The zero-order valence-corrected chi connectivity index (χ0v) is 15.2. The van der Waals surface area contributed by atoms with Crippen LogP contribution in [0.15, 0.2) is 54.6 Å². The summed E-state index contributed by atoms with van der Waals surface area (Å²) in [5.41, 5.74) is 4.53. The zero-order valence-electron chi connectivity index (χ0n) is 13.6. The van der Waals surface area contributed by atoms with Gasteiger partial charge < -0.3 is 0 Å². The van der Waals surface area contributed by atoms with E-state index in [1.54, 1.807) is 6.08 Å². The zero-order chi connectivity index (χ0) is 19.4. The van der Waals surface area contributed by atoms with Crippen LogP contribution < -0.4 is 10.9 Å². The number of hydrogen-bond donors (Lipinski definition) is 2. The monoisotopic (exact) mass is 401 g/mol. The van der Waals surface area contributed by atoms with Crippen molar-refractivity contribution in [2.24, 2.45) is 0 Å². The van der Waals surface area contributed by atoms with Gasteiger partial charge in [0.2, 0.25) is 0 Å². The first-order chi connectivity index (χ1) is 13.0. The Balaban J connectivity index is 1.60. The third-order valence-corrected chi connectivity index (χ3v) is 5.24. The number of carbonyl (C=O) groups excluding carboxylic acids is 2. The van der Waals surface area contributed by atoms with Crippen molar-refractivity contribution in [3.8, 4) is 0 Å². The van der Waals surface area contributed by atoms with E-state index in [0.29, 0.717) is 5.02 Å². The number of fused-ring (bicyclic) bond motifs is 1. The van der Waals surface area contributed by atoms with Gasteiger partial charge in [0, 0.05) is 38.7 Å². The van der Waals surface area contributed by atoms with Gasteiger partial charge in [0.25, 0.3) is 17.5 Å². The lowest BCUT2D eigenvalue weighted by Crippen LogP contribution is -2.40. The minimum absolute atomic E-state index is 0.126. The quantitative estimate of drug-likeness (QED) is 0.392. The van der Waals surface area contributed by atoms with Gasteiger partial charge in [-0.05, 0) is 24.3 Å². The smallest absolute Gasteiger partial charge is 0.268 e. The van der Waals surface area contributed by atoms with Crippen molar-refractivity contribution in [1.82, 2.24) is 10.9 Å². The minimum Gasteiger partial charge on any atom is -0.268 e. The van der Waals surface area contributed by atoms with E-state index in [0.717, 1.165) is 15.0 Å². The van der Waals surface area contributed by atoms with E-state index in [1.165, 1.54) is 41.7 Å². The molecule has 3 rings (SSSR count). The maximum Gasteiger partial charge on any atom is 0.269 e. The summed E-state index contributed by atoms with van der Waals surface area (Å²) in [4.78, 5) is 34.6. The van der Waals surface area contributed by atoms with Crippen LogP contribution in [0.5, 0.6) is 0 Å². The molecule has 27 heavy (non-hydrogen) atoms. The lowest BCUT2D eigenvalue weighted by Gasteiger charge is -2.04. The third-order valence-electron chi connectivity index (χ3n) is 3.59. The molecule has 2 N–H and O–H groups in total. The number of nitrogens with one attached hydrogen (secondary N) is 2. The largest absolute Gasteiger partial charge is 0.269 e. The summed E-state index contributed by atoms with van der Waals surface area (Å²) in [6, 6.07) is 12.6. The molecule has 2 amide bonds. The van der Waals surface area contributed by atoms with Crippen molar-refractivity contribution >= 4 is 56.6 Å². The summed E-state index contributed by atoms with van der Waals surface area (Å²) in [6.07, 6.45) is 2.83. The molecule has 0 radical (unpaired) electrons. The molecule has 0 aliphatic heterocycles. The Morgan fingerprint density at radius 3 is 2.44 bits per heavy atom. The van der Waals surface area contributed by atoms with Gasteiger partial charge in [-0.25, -0.2) is 0 Å². The van der Waals surface area contributed by atoms with Crippen LogP contribution in [-0.4, -0.2) is 16.7 Å². The standard InChI is InChI=1S/C18H12ClN3O4S/c19-17-13-3-1-2-4-14(13)27-15(17)9-10-16(23)20-21-18(24)11-5-7-12(8-6-11)22(25)26/h1-10H,(H,20,23)(H,21,24)/b10-9+.